The van der Waals surface area contributed by atoms with Gasteiger partial charge in [0.25, 0.3) is 0 Å². The van der Waals surface area contributed by atoms with Crippen molar-refractivity contribution < 1.29 is 28.2 Å². The predicted octanol–water partition coefficient (Wildman–Crippen LogP) is 3.45. The zero-order chi connectivity index (χ0) is 24.8. The average Bonchev–Trinajstić information content (AvgIpc) is 2.85. The van der Waals surface area contributed by atoms with Crippen molar-refractivity contribution in [2.45, 2.75) is 19.8 Å². The molecule has 0 bridgehead atoms. The molecule has 0 aliphatic carbocycles. The first-order valence-corrected chi connectivity index (χ1v) is 10.6. The number of carbonyl (C=O) groups excluding carboxylic acids is 2. The van der Waals surface area contributed by atoms with Gasteiger partial charge in [0, 0.05) is 19.0 Å². The molecule has 0 aliphatic heterocycles. The van der Waals surface area contributed by atoms with E-state index >= 15 is 0 Å². The average molecular weight is 467 g/mol. The number of hydrogen-bond donors (Lipinski definition) is 1. The van der Waals surface area contributed by atoms with Crippen LogP contribution < -0.4 is 10.1 Å². The van der Waals surface area contributed by atoms with Gasteiger partial charge in [-0.25, -0.2) is 9.18 Å². The van der Waals surface area contributed by atoms with Gasteiger partial charge in [0.05, 0.1) is 45.0 Å². The van der Waals surface area contributed by atoms with Crippen molar-refractivity contribution in [2.24, 2.45) is 0 Å². The summed E-state index contributed by atoms with van der Waals surface area (Å²) in [5.41, 5.74) is 1.70. The molecular formula is C26H27FN2O5. The lowest BCUT2D eigenvalue weighted by molar-refractivity contribution is -0.127. The zero-order valence-electron chi connectivity index (χ0n) is 19.4. The highest BCUT2D eigenvalue weighted by Gasteiger charge is 2.14. The van der Waals surface area contributed by atoms with E-state index in [0.717, 1.165) is 0 Å². The Morgan fingerprint density at radius 2 is 1.88 bits per heavy atom. The quantitative estimate of drug-likeness (QED) is 0.250. The molecule has 0 saturated carbocycles. The number of ether oxygens (including phenoxy) is 3. The molecule has 7 nitrogen and oxygen atoms in total. The van der Waals surface area contributed by atoms with Crippen LogP contribution in [0, 0.1) is 29.8 Å². The fourth-order valence-corrected chi connectivity index (χ4v) is 2.94. The van der Waals surface area contributed by atoms with Crippen LogP contribution in [0.25, 0.3) is 0 Å². The number of amides is 1. The van der Waals surface area contributed by atoms with Gasteiger partial charge in [-0.15, -0.1) is 0 Å². The van der Waals surface area contributed by atoms with E-state index in [1.807, 2.05) is 0 Å². The summed E-state index contributed by atoms with van der Waals surface area (Å²) < 4.78 is 28.5. The maximum atomic E-state index is 13.1. The number of nitrogens with one attached hydrogen (secondary N) is 1. The highest BCUT2D eigenvalue weighted by Crippen LogP contribution is 2.26. The van der Waals surface area contributed by atoms with Crippen LogP contribution in [0.3, 0.4) is 0 Å². The summed E-state index contributed by atoms with van der Waals surface area (Å²) in [5.74, 6) is 4.95. The van der Waals surface area contributed by atoms with E-state index in [4.69, 9.17) is 14.2 Å². The first-order chi connectivity index (χ1) is 16.5. The molecule has 2 aromatic rings. The Morgan fingerprint density at radius 1 is 1.12 bits per heavy atom. The Balaban J connectivity index is 2.00. The summed E-state index contributed by atoms with van der Waals surface area (Å²) in [7, 11) is 2.78. The van der Waals surface area contributed by atoms with E-state index in [2.05, 4.69) is 29.3 Å². The minimum absolute atomic E-state index is 0.119. The molecule has 2 rings (SSSR count). The minimum Gasteiger partial charge on any atom is -0.491 e. The third-order valence-corrected chi connectivity index (χ3v) is 4.54. The maximum absolute atomic E-state index is 13.1. The van der Waals surface area contributed by atoms with Crippen molar-refractivity contribution in [2.75, 3.05) is 39.2 Å². The van der Waals surface area contributed by atoms with Gasteiger partial charge in [0.15, 0.2) is 0 Å². The topological polar surface area (TPSA) is 77.1 Å². The van der Waals surface area contributed by atoms with Crippen molar-refractivity contribution in [3.8, 4) is 29.7 Å². The second-order valence-corrected chi connectivity index (χ2v) is 6.95. The number of nitrogens with zero attached hydrogens (tertiary/aromatic N) is 1. The lowest BCUT2D eigenvalue weighted by Crippen LogP contribution is -2.29. The molecule has 0 atom stereocenters. The van der Waals surface area contributed by atoms with Crippen molar-refractivity contribution in [1.82, 2.24) is 4.90 Å². The monoisotopic (exact) mass is 466 g/mol. The SMILES string of the molecule is CC#CN(CCCOc1cc(C(=O)OC)ccc1NCC#COC)C(=O)Cc1ccc(F)cc1. The highest BCUT2D eigenvalue weighted by atomic mass is 19.1. The third kappa shape index (κ3) is 8.40. The maximum Gasteiger partial charge on any atom is 0.337 e. The van der Waals surface area contributed by atoms with Crippen LogP contribution in [0.15, 0.2) is 42.5 Å². The molecule has 0 radical (unpaired) electrons. The Kier molecular flexibility index (Phi) is 10.8. The molecule has 0 aliphatic rings. The molecule has 0 fully saturated rings. The fraction of sp³-hybridized carbons (Fsp3) is 0.308. The van der Waals surface area contributed by atoms with E-state index in [9.17, 15) is 14.0 Å². The van der Waals surface area contributed by atoms with Crippen LogP contribution in [0.1, 0.15) is 29.3 Å². The number of benzene rings is 2. The van der Waals surface area contributed by atoms with Gasteiger partial charge in [-0.3, -0.25) is 9.69 Å². The van der Waals surface area contributed by atoms with Crippen molar-refractivity contribution in [3.63, 3.8) is 0 Å². The molecule has 0 unspecified atom stereocenters. The van der Waals surface area contributed by atoms with Crippen LogP contribution in [-0.4, -0.2) is 50.7 Å². The Morgan fingerprint density at radius 3 is 2.56 bits per heavy atom. The van der Waals surface area contributed by atoms with Crippen LogP contribution >= 0.6 is 0 Å². The van der Waals surface area contributed by atoms with E-state index in [1.54, 1.807) is 37.3 Å². The highest BCUT2D eigenvalue weighted by molar-refractivity contribution is 5.90. The summed E-state index contributed by atoms with van der Waals surface area (Å²) in [5, 5.41) is 3.11. The van der Waals surface area contributed by atoms with Crippen LogP contribution in [0.2, 0.25) is 0 Å². The largest absolute Gasteiger partial charge is 0.491 e. The Labute approximate surface area is 199 Å². The van der Waals surface area contributed by atoms with Gasteiger partial charge >= 0.3 is 5.97 Å². The molecule has 178 valence electrons. The van der Waals surface area contributed by atoms with Crippen LogP contribution in [-0.2, 0) is 20.7 Å². The fourth-order valence-electron chi connectivity index (χ4n) is 2.94. The van der Waals surface area contributed by atoms with E-state index in [1.165, 1.54) is 31.3 Å². The standard InChI is InChI=1S/C26H27FN2O5/c1-4-14-29(25(30)18-20-7-10-22(27)11-8-20)15-6-17-34-24-19-21(26(31)33-3)9-12-23(24)28-13-5-16-32-2/h7-12,19,28H,6,13,15,17-18H2,1-3H3. The summed E-state index contributed by atoms with van der Waals surface area (Å²) in [6.07, 6.45) is 3.10. The van der Waals surface area contributed by atoms with Crippen molar-refractivity contribution >= 4 is 17.6 Å². The lowest BCUT2D eigenvalue weighted by atomic mass is 10.1. The summed E-state index contributed by atoms with van der Waals surface area (Å²) in [6.45, 7) is 2.59. The molecule has 0 saturated heterocycles. The number of carbonyl (C=O) groups is 2. The van der Waals surface area contributed by atoms with E-state index < -0.39 is 5.97 Å². The molecule has 0 heterocycles. The van der Waals surface area contributed by atoms with Gasteiger partial charge in [-0.05, 0) is 48.7 Å². The number of esters is 1. The minimum atomic E-state index is -0.480. The summed E-state index contributed by atoms with van der Waals surface area (Å²) >= 11 is 0. The molecule has 2 aromatic carbocycles. The van der Waals surface area contributed by atoms with Gasteiger partial charge in [-0.2, -0.15) is 0 Å². The van der Waals surface area contributed by atoms with E-state index in [-0.39, 0.29) is 24.8 Å². The lowest BCUT2D eigenvalue weighted by Gasteiger charge is -2.17. The molecule has 0 spiro atoms. The summed E-state index contributed by atoms with van der Waals surface area (Å²) in [6, 6.07) is 13.5. The third-order valence-electron chi connectivity index (χ3n) is 4.54. The number of anilines is 1. The van der Waals surface area contributed by atoms with Crippen molar-refractivity contribution in [1.29, 1.82) is 0 Å². The smallest absolute Gasteiger partial charge is 0.337 e. The number of rotatable bonds is 10. The summed E-state index contributed by atoms with van der Waals surface area (Å²) in [4.78, 5) is 26.0. The van der Waals surface area contributed by atoms with Crippen LogP contribution in [0.4, 0.5) is 10.1 Å². The molecule has 1 amide bonds. The van der Waals surface area contributed by atoms with Gasteiger partial charge in [-0.1, -0.05) is 18.1 Å². The number of hydrogen-bond acceptors (Lipinski definition) is 6. The molecule has 0 aromatic heterocycles. The second-order valence-electron chi connectivity index (χ2n) is 6.95. The first kappa shape index (κ1) is 26.1. The first-order valence-electron chi connectivity index (χ1n) is 10.6. The molecular weight excluding hydrogens is 439 g/mol. The normalized spacial score (nSPS) is 9.53. The van der Waals surface area contributed by atoms with Gasteiger partial charge in [0.2, 0.25) is 5.91 Å². The van der Waals surface area contributed by atoms with Crippen molar-refractivity contribution in [3.05, 3.63) is 59.4 Å². The Bertz CT molecular complexity index is 1090. The van der Waals surface area contributed by atoms with E-state index in [0.29, 0.717) is 42.1 Å². The Hall–Kier alpha value is -4.17. The number of halogens is 1. The molecule has 1 N–H and O–H groups in total. The van der Waals surface area contributed by atoms with Crippen LogP contribution in [0.5, 0.6) is 5.75 Å². The zero-order valence-corrected chi connectivity index (χ0v) is 19.4. The molecule has 34 heavy (non-hydrogen) atoms. The number of methoxy groups -OCH3 is 2. The van der Waals surface area contributed by atoms with Gasteiger partial charge in [0.1, 0.15) is 17.7 Å². The van der Waals surface area contributed by atoms with Gasteiger partial charge < -0.3 is 19.5 Å². The molecule has 8 heteroatoms. The predicted molar refractivity (Wildman–Crippen MR) is 126 cm³/mol. The second kappa shape index (κ2) is 14.1.